The van der Waals surface area contributed by atoms with Gasteiger partial charge in [0, 0.05) is 23.9 Å². The lowest BCUT2D eigenvalue weighted by molar-refractivity contribution is -0.156. The van der Waals surface area contributed by atoms with Gasteiger partial charge in [0.25, 0.3) is 0 Å². The third-order valence-corrected chi connectivity index (χ3v) is 9.55. The first-order valence-electron chi connectivity index (χ1n) is 15.8. The van der Waals surface area contributed by atoms with Crippen molar-refractivity contribution in [3.05, 3.63) is 82.9 Å². The molecule has 4 amide bonds. The Kier molecular flexibility index (Phi) is 9.54. The Labute approximate surface area is 270 Å². The molecule has 0 aliphatic carbocycles. The molecule has 2 saturated heterocycles. The summed E-state index contributed by atoms with van der Waals surface area (Å²) in [5.74, 6) is -1.17. The monoisotopic (exact) mass is 630 g/mol. The second-order valence-electron chi connectivity index (χ2n) is 13.4. The van der Waals surface area contributed by atoms with E-state index in [2.05, 4.69) is 11.4 Å². The maximum atomic E-state index is 14.3. The van der Waals surface area contributed by atoms with Gasteiger partial charge < -0.3 is 20.0 Å². The molecule has 0 radical (unpaired) electrons. The number of halogens is 1. The summed E-state index contributed by atoms with van der Waals surface area (Å²) >= 11 is 6.44. The molecule has 238 valence electrons. The summed E-state index contributed by atoms with van der Waals surface area (Å²) in [6.07, 6.45) is 0.862. The molecular weight excluding hydrogens is 588 g/mol. The predicted molar refractivity (Wildman–Crippen MR) is 176 cm³/mol. The van der Waals surface area contributed by atoms with E-state index in [-0.39, 0.29) is 42.6 Å². The standard InChI is InChI=1S/C36H43ClN4O4/c1-6-23(2)33(43)38-32(36(3,4)5)35(45)40-22-31(42)41-29(20-24-15-16-25-11-7-8-13-27(25)19-24)34(44)39(21-30(40)41)18-17-26-12-9-10-14-28(26)37/h7-16,19,23,29-30,32H,6,17-18,20-22H2,1-5H3,(H,38,43)/t23-,29+,30?,32-/m1/s1. The van der Waals surface area contributed by atoms with Gasteiger partial charge in [-0.1, -0.05) is 107 Å². The molecule has 3 aromatic carbocycles. The van der Waals surface area contributed by atoms with Crippen LogP contribution < -0.4 is 5.32 Å². The first kappa shape index (κ1) is 32.5. The molecule has 0 spiro atoms. The SMILES string of the molecule is CC[C@@H](C)C(=O)N[C@H](C(=O)N1CC(=O)N2C1CN(CCc1ccccc1Cl)C(=O)[C@@H]2Cc1ccc2ccccc2c1)C(C)(C)C. The molecule has 8 nitrogen and oxygen atoms in total. The van der Waals surface area contributed by atoms with Crippen LogP contribution in [0.5, 0.6) is 0 Å². The molecule has 1 N–H and O–H groups in total. The van der Waals surface area contributed by atoms with Gasteiger partial charge in [-0.3, -0.25) is 19.2 Å². The van der Waals surface area contributed by atoms with Gasteiger partial charge >= 0.3 is 0 Å². The third kappa shape index (κ3) is 6.86. The van der Waals surface area contributed by atoms with Crippen molar-refractivity contribution in [3.8, 4) is 0 Å². The summed E-state index contributed by atoms with van der Waals surface area (Å²) in [5.41, 5.74) is 1.26. The number of nitrogens with zero attached hydrogens (tertiary/aromatic N) is 3. The summed E-state index contributed by atoms with van der Waals surface area (Å²) in [5, 5.41) is 5.76. The van der Waals surface area contributed by atoms with Gasteiger partial charge in [0.15, 0.2) is 0 Å². The van der Waals surface area contributed by atoms with E-state index in [0.29, 0.717) is 30.8 Å². The molecule has 0 aromatic heterocycles. The van der Waals surface area contributed by atoms with Crippen LogP contribution in [0.3, 0.4) is 0 Å². The van der Waals surface area contributed by atoms with Gasteiger partial charge in [-0.25, -0.2) is 0 Å². The molecule has 4 atom stereocenters. The lowest BCUT2D eigenvalue weighted by atomic mass is 9.85. The molecule has 3 aromatic rings. The molecular formula is C36H43ClN4O4. The van der Waals surface area contributed by atoms with Crippen LogP contribution in [0.4, 0.5) is 0 Å². The average Bonchev–Trinajstić information content (AvgIpc) is 3.35. The van der Waals surface area contributed by atoms with E-state index < -0.39 is 23.7 Å². The second-order valence-corrected chi connectivity index (χ2v) is 13.8. The Morgan fingerprint density at radius 3 is 2.38 bits per heavy atom. The first-order chi connectivity index (χ1) is 21.4. The summed E-state index contributed by atoms with van der Waals surface area (Å²) in [6, 6.07) is 20.1. The Hall–Kier alpha value is -3.91. The van der Waals surface area contributed by atoms with Crippen molar-refractivity contribution in [2.45, 2.75) is 72.1 Å². The van der Waals surface area contributed by atoms with E-state index >= 15 is 0 Å². The lowest BCUT2D eigenvalue weighted by Gasteiger charge is -2.45. The van der Waals surface area contributed by atoms with Crippen molar-refractivity contribution < 1.29 is 19.2 Å². The molecule has 1 unspecified atom stereocenters. The highest BCUT2D eigenvalue weighted by Gasteiger charge is 2.53. The number of carbonyl (C=O) groups is 4. The lowest BCUT2D eigenvalue weighted by Crippen LogP contribution is -2.66. The fourth-order valence-corrected chi connectivity index (χ4v) is 6.51. The number of hydrogen-bond acceptors (Lipinski definition) is 4. The zero-order valence-corrected chi connectivity index (χ0v) is 27.5. The fraction of sp³-hybridized carbons (Fsp3) is 0.444. The van der Waals surface area contributed by atoms with E-state index in [1.165, 1.54) is 0 Å². The molecule has 2 heterocycles. The van der Waals surface area contributed by atoms with Gasteiger partial charge in [-0.15, -0.1) is 0 Å². The number of benzene rings is 3. The summed E-state index contributed by atoms with van der Waals surface area (Å²) in [7, 11) is 0. The van der Waals surface area contributed by atoms with Gasteiger partial charge in [0.2, 0.25) is 23.6 Å². The van der Waals surface area contributed by atoms with Gasteiger partial charge in [-0.2, -0.15) is 0 Å². The summed E-state index contributed by atoms with van der Waals surface area (Å²) in [4.78, 5) is 60.0. The fourth-order valence-electron chi connectivity index (χ4n) is 6.28. The molecule has 9 heteroatoms. The number of carbonyl (C=O) groups excluding carboxylic acids is 4. The van der Waals surface area contributed by atoms with Crippen molar-refractivity contribution in [2.24, 2.45) is 11.3 Å². The quantitative estimate of drug-likeness (QED) is 0.358. The van der Waals surface area contributed by atoms with Crippen molar-refractivity contribution in [2.75, 3.05) is 19.6 Å². The molecule has 45 heavy (non-hydrogen) atoms. The van der Waals surface area contributed by atoms with E-state index in [1.54, 1.807) is 14.7 Å². The maximum absolute atomic E-state index is 14.3. The highest BCUT2D eigenvalue weighted by atomic mass is 35.5. The summed E-state index contributed by atoms with van der Waals surface area (Å²) in [6.45, 7) is 9.93. The smallest absolute Gasteiger partial charge is 0.247 e. The molecule has 5 rings (SSSR count). The van der Waals surface area contributed by atoms with E-state index in [1.807, 2.05) is 95.3 Å². The highest BCUT2D eigenvalue weighted by Crippen LogP contribution is 2.32. The van der Waals surface area contributed by atoms with Gasteiger partial charge in [0.05, 0.1) is 6.54 Å². The van der Waals surface area contributed by atoms with E-state index in [4.69, 9.17) is 11.6 Å². The largest absolute Gasteiger partial charge is 0.344 e. The van der Waals surface area contributed by atoms with Crippen molar-refractivity contribution >= 4 is 46.0 Å². The number of nitrogens with one attached hydrogen (secondary N) is 1. The van der Waals surface area contributed by atoms with E-state index in [0.717, 1.165) is 21.9 Å². The minimum atomic E-state index is -0.833. The minimum absolute atomic E-state index is 0.144. The number of rotatable bonds is 9. The normalized spacial score (nSPS) is 19.9. The van der Waals surface area contributed by atoms with Crippen LogP contribution in [0.1, 0.15) is 52.2 Å². The third-order valence-electron chi connectivity index (χ3n) is 9.19. The van der Waals surface area contributed by atoms with Crippen LogP contribution in [0, 0.1) is 11.3 Å². The molecule has 0 saturated carbocycles. The van der Waals surface area contributed by atoms with Crippen LogP contribution in [-0.2, 0) is 32.0 Å². The van der Waals surface area contributed by atoms with Crippen LogP contribution in [0.2, 0.25) is 5.02 Å². The Balaban J connectivity index is 1.47. The van der Waals surface area contributed by atoms with E-state index in [9.17, 15) is 19.2 Å². The number of hydrogen-bond donors (Lipinski definition) is 1. The van der Waals surface area contributed by atoms with Crippen LogP contribution in [-0.4, -0.2) is 76.2 Å². The van der Waals surface area contributed by atoms with Crippen molar-refractivity contribution in [3.63, 3.8) is 0 Å². The van der Waals surface area contributed by atoms with Gasteiger partial charge in [-0.05, 0) is 46.2 Å². The van der Waals surface area contributed by atoms with Crippen molar-refractivity contribution in [1.29, 1.82) is 0 Å². The van der Waals surface area contributed by atoms with Gasteiger partial charge in [0.1, 0.15) is 24.8 Å². The molecule has 2 aliphatic rings. The van der Waals surface area contributed by atoms with Crippen LogP contribution >= 0.6 is 11.6 Å². The molecule has 2 fully saturated rings. The maximum Gasteiger partial charge on any atom is 0.247 e. The first-order valence-corrected chi connectivity index (χ1v) is 16.2. The zero-order chi connectivity index (χ0) is 32.5. The van der Waals surface area contributed by atoms with Crippen LogP contribution in [0.25, 0.3) is 10.8 Å². The van der Waals surface area contributed by atoms with Crippen LogP contribution in [0.15, 0.2) is 66.7 Å². The Morgan fingerprint density at radius 1 is 1.00 bits per heavy atom. The predicted octanol–water partition coefficient (Wildman–Crippen LogP) is 5.06. The highest BCUT2D eigenvalue weighted by molar-refractivity contribution is 6.31. The Bertz CT molecular complexity index is 1600. The average molecular weight is 631 g/mol. The van der Waals surface area contributed by atoms with Crippen molar-refractivity contribution in [1.82, 2.24) is 20.0 Å². The topological polar surface area (TPSA) is 90.0 Å². The second kappa shape index (κ2) is 13.2. The molecule has 2 aliphatic heterocycles. The number of amides is 4. The molecule has 0 bridgehead atoms. The zero-order valence-electron chi connectivity index (χ0n) is 26.8. The number of fused-ring (bicyclic) bond motifs is 2. The summed E-state index contributed by atoms with van der Waals surface area (Å²) < 4.78 is 0. The minimum Gasteiger partial charge on any atom is -0.344 e. The number of piperazine rings is 1. The Morgan fingerprint density at radius 2 is 1.69 bits per heavy atom.